The van der Waals surface area contributed by atoms with E-state index >= 15 is 0 Å². The summed E-state index contributed by atoms with van der Waals surface area (Å²) >= 11 is 6.07. The number of nitrogens with zero attached hydrogens (tertiary/aromatic N) is 3. The Morgan fingerprint density at radius 3 is 2.54 bits per heavy atom. The summed E-state index contributed by atoms with van der Waals surface area (Å²) in [6, 6.07) is 19.5. The Hall–Kier alpha value is -3.23. The van der Waals surface area contributed by atoms with E-state index in [1.807, 2.05) is 54.6 Å². The van der Waals surface area contributed by atoms with Crippen molar-refractivity contribution < 1.29 is 4.74 Å². The first kappa shape index (κ1) is 18.1. The molecule has 1 atom stereocenters. The molecule has 6 heteroatoms. The summed E-state index contributed by atoms with van der Waals surface area (Å²) in [6.07, 6.45) is 1.70. The smallest absolute Gasteiger partial charge is 0.229 e. The zero-order valence-corrected chi connectivity index (χ0v) is 16.1. The van der Waals surface area contributed by atoms with Crippen LogP contribution in [0.5, 0.6) is 5.88 Å². The van der Waals surface area contributed by atoms with Crippen LogP contribution in [-0.2, 0) is 6.42 Å². The third kappa shape index (κ3) is 3.02. The van der Waals surface area contributed by atoms with E-state index in [1.165, 1.54) is 0 Å². The predicted octanol–water partition coefficient (Wildman–Crippen LogP) is 4.70. The summed E-state index contributed by atoms with van der Waals surface area (Å²) in [5, 5.41) is 15.3. The van der Waals surface area contributed by atoms with Crippen LogP contribution in [0.15, 0.2) is 66.1 Å². The maximum Gasteiger partial charge on any atom is 0.229 e. The van der Waals surface area contributed by atoms with Gasteiger partial charge in [-0.05, 0) is 36.2 Å². The lowest BCUT2D eigenvalue weighted by Crippen LogP contribution is -2.22. The van der Waals surface area contributed by atoms with Gasteiger partial charge in [0.2, 0.25) is 11.8 Å². The van der Waals surface area contributed by atoms with Crippen molar-refractivity contribution in [3.05, 3.63) is 87.9 Å². The Bertz CT molecular complexity index is 1080. The number of aromatic nitrogens is 2. The van der Waals surface area contributed by atoms with Gasteiger partial charge in [0.15, 0.2) is 0 Å². The van der Waals surface area contributed by atoms with Crippen molar-refractivity contribution in [2.75, 3.05) is 0 Å². The van der Waals surface area contributed by atoms with E-state index in [4.69, 9.17) is 27.2 Å². The van der Waals surface area contributed by atoms with Crippen LogP contribution < -0.4 is 10.5 Å². The number of rotatable bonds is 4. The van der Waals surface area contributed by atoms with Gasteiger partial charge >= 0.3 is 0 Å². The van der Waals surface area contributed by atoms with E-state index < -0.39 is 0 Å². The third-order valence-electron chi connectivity index (χ3n) is 4.82. The fraction of sp³-hybridized carbons (Fsp3) is 0.182. The van der Waals surface area contributed by atoms with E-state index in [-0.39, 0.29) is 11.8 Å². The number of allylic oxidation sites excluding steroid dienone is 1. The fourth-order valence-corrected chi connectivity index (χ4v) is 3.69. The second-order valence-corrected chi connectivity index (χ2v) is 7.08. The molecule has 0 spiro atoms. The van der Waals surface area contributed by atoms with Gasteiger partial charge in [-0.1, -0.05) is 55.3 Å². The Kier molecular flexibility index (Phi) is 4.81. The highest BCUT2D eigenvalue weighted by Gasteiger charge is 2.36. The van der Waals surface area contributed by atoms with Crippen LogP contribution in [0.4, 0.5) is 0 Å². The van der Waals surface area contributed by atoms with Gasteiger partial charge in [0.25, 0.3) is 0 Å². The van der Waals surface area contributed by atoms with Crippen molar-refractivity contribution >= 4 is 11.6 Å². The van der Waals surface area contributed by atoms with Crippen LogP contribution in [0.1, 0.15) is 36.1 Å². The summed E-state index contributed by atoms with van der Waals surface area (Å²) in [6.45, 7) is 2.10. The Labute approximate surface area is 168 Å². The highest BCUT2D eigenvalue weighted by molar-refractivity contribution is 6.30. The molecule has 0 saturated heterocycles. The molecule has 1 aliphatic heterocycles. The molecule has 4 rings (SSSR count). The molecule has 0 saturated carbocycles. The first-order valence-corrected chi connectivity index (χ1v) is 9.52. The fourth-order valence-electron chi connectivity index (χ4n) is 3.57. The van der Waals surface area contributed by atoms with Gasteiger partial charge in [0.05, 0.1) is 22.9 Å². The number of hydrogen-bond donors (Lipinski definition) is 1. The molecule has 2 heterocycles. The van der Waals surface area contributed by atoms with Gasteiger partial charge in [0, 0.05) is 5.02 Å². The van der Waals surface area contributed by atoms with Crippen LogP contribution in [0.2, 0.25) is 5.02 Å². The van der Waals surface area contributed by atoms with Crippen LogP contribution in [0.25, 0.3) is 5.69 Å². The lowest BCUT2D eigenvalue weighted by molar-refractivity contribution is 0.367. The molecule has 3 aromatic rings. The van der Waals surface area contributed by atoms with Gasteiger partial charge in [-0.3, -0.25) is 0 Å². The number of benzene rings is 2. The maximum absolute atomic E-state index is 9.80. The molecule has 2 aromatic carbocycles. The monoisotopic (exact) mass is 390 g/mol. The largest absolute Gasteiger partial charge is 0.422 e. The first-order valence-electron chi connectivity index (χ1n) is 9.14. The first-order chi connectivity index (χ1) is 13.6. The van der Waals surface area contributed by atoms with Gasteiger partial charge < -0.3 is 10.5 Å². The molecule has 0 radical (unpaired) electrons. The minimum absolute atomic E-state index is 0.107. The number of halogens is 1. The van der Waals surface area contributed by atoms with Gasteiger partial charge in [-0.15, -0.1) is 0 Å². The van der Waals surface area contributed by atoms with Crippen LogP contribution in [-0.4, -0.2) is 9.78 Å². The second-order valence-electron chi connectivity index (χ2n) is 6.64. The molecule has 28 heavy (non-hydrogen) atoms. The summed E-state index contributed by atoms with van der Waals surface area (Å²) in [5.74, 6) is 0.325. The van der Waals surface area contributed by atoms with Crippen molar-refractivity contribution in [1.82, 2.24) is 9.78 Å². The van der Waals surface area contributed by atoms with Gasteiger partial charge in [-0.2, -0.15) is 10.4 Å². The molecule has 1 aromatic heterocycles. The van der Waals surface area contributed by atoms with Gasteiger partial charge in [-0.25, -0.2) is 4.68 Å². The Morgan fingerprint density at radius 2 is 1.89 bits per heavy atom. The number of nitrogens with two attached hydrogens (primary N) is 1. The lowest BCUT2D eigenvalue weighted by Gasteiger charge is -2.25. The van der Waals surface area contributed by atoms with Crippen LogP contribution >= 0.6 is 11.6 Å². The molecular formula is C22H19ClN4O. The second kappa shape index (κ2) is 7.41. The lowest BCUT2D eigenvalue weighted by atomic mass is 9.83. The molecule has 1 unspecified atom stereocenters. The normalized spacial score (nSPS) is 15.7. The summed E-state index contributed by atoms with van der Waals surface area (Å²) in [5.41, 5.74) is 10.1. The number of aryl methyl sites for hydroxylation is 1. The van der Waals surface area contributed by atoms with E-state index in [0.717, 1.165) is 35.3 Å². The SMILES string of the molecule is CCCc1nn(-c2ccccc2)c2c1C(c1ccc(Cl)cc1)C(C#N)=C(N)O2. The molecule has 0 aliphatic carbocycles. The molecule has 2 N–H and O–H groups in total. The van der Waals surface area contributed by atoms with E-state index in [2.05, 4.69) is 13.0 Å². The molecule has 0 amide bonds. The van der Waals surface area contributed by atoms with Gasteiger partial charge in [0.1, 0.15) is 11.6 Å². The Balaban J connectivity index is 1.97. The molecule has 0 fully saturated rings. The van der Waals surface area contributed by atoms with Crippen molar-refractivity contribution in [3.63, 3.8) is 0 Å². The van der Waals surface area contributed by atoms with Crippen LogP contribution in [0.3, 0.4) is 0 Å². The minimum atomic E-state index is -0.343. The summed E-state index contributed by atoms with van der Waals surface area (Å²) in [7, 11) is 0. The molecule has 0 bridgehead atoms. The molecule has 5 nitrogen and oxygen atoms in total. The summed E-state index contributed by atoms with van der Waals surface area (Å²) in [4.78, 5) is 0. The minimum Gasteiger partial charge on any atom is -0.422 e. The van der Waals surface area contributed by atoms with Crippen molar-refractivity contribution in [2.24, 2.45) is 5.73 Å². The quantitative estimate of drug-likeness (QED) is 0.700. The Morgan fingerprint density at radius 1 is 1.18 bits per heavy atom. The van der Waals surface area contributed by atoms with Crippen molar-refractivity contribution in [3.8, 4) is 17.6 Å². The average molecular weight is 391 g/mol. The summed E-state index contributed by atoms with van der Waals surface area (Å²) < 4.78 is 7.70. The zero-order valence-electron chi connectivity index (χ0n) is 15.4. The molecule has 1 aliphatic rings. The number of para-hydroxylation sites is 1. The highest BCUT2D eigenvalue weighted by Crippen LogP contribution is 2.45. The topological polar surface area (TPSA) is 76.9 Å². The number of nitriles is 1. The average Bonchev–Trinajstić information content (AvgIpc) is 3.06. The zero-order chi connectivity index (χ0) is 19.7. The van der Waals surface area contributed by atoms with Crippen molar-refractivity contribution in [2.45, 2.75) is 25.7 Å². The number of ether oxygens (including phenoxy) is 1. The van der Waals surface area contributed by atoms with Crippen molar-refractivity contribution in [1.29, 1.82) is 5.26 Å². The maximum atomic E-state index is 9.80. The van der Waals surface area contributed by atoms with E-state index in [0.29, 0.717) is 16.5 Å². The molecular weight excluding hydrogens is 372 g/mol. The highest BCUT2D eigenvalue weighted by atomic mass is 35.5. The van der Waals surface area contributed by atoms with E-state index in [9.17, 15) is 5.26 Å². The van der Waals surface area contributed by atoms with E-state index in [1.54, 1.807) is 4.68 Å². The van der Waals surface area contributed by atoms with Crippen LogP contribution in [0, 0.1) is 11.3 Å². The molecule has 140 valence electrons. The number of hydrogen-bond acceptors (Lipinski definition) is 4. The number of fused-ring (bicyclic) bond motifs is 1. The third-order valence-corrected chi connectivity index (χ3v) is 5.07. The predicted molar refractivity (Wildman–Crippen MR) is 108 cm³/mol. The standard InChI is InChI=1S/C22H19ClN4O/c1-2-6-18-20-19(14-9-11-15(23)12-10-14)17(13-24)21(25)28-22(20)27(26-18)16-7-4-3-5-8-16/h3-5,7-12,19H,2,6,25H2,1H3.